The summed E-state index contributed by atoms with van der Waals surface area (Å²) in [6.07, 6.45) is 5.26. The van der Waals surface area contributed by atoms with Crippen LogP contribution < -0.4 is 5.32 Å². The van der Waals surface area contributed by atoms with Gasteiger partial charge in [-0.3, -0.25) is 9.78 Å². The lowest BCUT2D eigenvalue weighted by Crippen LogP contribution is -2.15. The molecule has 0 saturated carbocycles. The van der Waals surface area contributed by atoms with Crippen LogP contribution in [0, 0.1) is 5.82 Å². The first kappa shape index (κ1) is 12.9. The summed E-state index contributed by atoms with van der Waals surface area (Å²) in [7, 11) is 0. The van der Waals surface area contributed by atoms with E-state index in [9.17, 15) is 9.18 Å². The summed E-state index contributed by atoms with van der Waals surface area (Å²) >= 11 is 0. The second kappa shape index (κ2) is 5.49. The van der Waals surface area contributed by atoms with Crippen molar-refractivity contribution in [1.82, 2.24) is 19.7 Å². The van der Waals surface area contributed by atoms with Crippen LogP contribution in [0.2, 0.25) is 0 Å². The Morgan fingerprint density at radius 2 is 2.05 bits per heavy atom. The van der Waals surface area contributed by atoms with Gasteiger partial charge in [0.05, 0.1) is 23.1 Å². The largest absolute Gasteiger partial charge is 0.320 e. The number of hydrogen-bond acceptors (Lipinski definition) is 4. The first-order valence-corrected chi connectivity index (χ1v) is 6.10. The van der Waals surface area contributed by atoms with Crippen LogP contribution in [0.3, 0.4) is 0 Å². The highest BCUT2D eigenvalue weighted by atomic mass is 19.1. The zero-order valence-electron chi connectivity index (χ0n) is 10.8. The fourth-order valence-electron chi connectivity index (χ4n) is 1.86. The molecule has 0 unspecified atom stereocenters. The standard InChI is InChI=1S/C14H10FN5O/c15-11-7-16-6-5-10(11)14(21)19-12-3-1-2-4-13(12)20-9-17-8-18-20/h1-9H,(H,19,21). The number of aromatic nitrogens is 4. The van der Waals surface area contributed by atoms with Gasteiger partial charge in [0.1, 0.15) is 12.7 Å². The van der Waals surface area contributed by atoms with E-state index in [1.807, 2.05) is 0 Å². The molecular formula is C14H10FN5O. The van der Waals surface area contributed by atoms with Crippen molar-refractivity contribution in [3.8, 4) is 5.69 Å². The van der Waals surface area contributed by atoms with E-state index in [4.69, 9.17) is 0 Å². The van der Waals surface area contributed by atoms with E-state index in [1.54, 1.807) is 24.3 Å². The van der Waals surface area contributed by atoms with Crippen molar-refractivity contribution in [1.29, 1.82) is 0 Å². The van der Waals surface area contributed by atoms with Crippen LogP contribution in [0.4, 0.5) is 10.1 Å². The van der Waals surface area contributed by atoms with E-state index in [0.29, 0.717) is 11.4 Å². The number of carbonyl (C=O) groups excluding carboxylic acids is 1. The summed E-state index contributed by atoms with van der Waals surface area (Å²) in [4.78, 5) is 19.6. The van der Waals surface area contributed by atoms with E-state index >= 15 is 0 Å². The lowest BCUT2D eigenvalue weighted by atomic mass is 10.2. The van der Waals surface area contributed by atoms with Crippen molar-refractivity contribution < 1.29 is 9.18 Å². The molecule has 21 heavy (non-hydrogen) atoms. The van der Waals surface area contributed by atoms with Gasteiger partial charge in [0.15, 0.2) is 5.82 Å². The van der Waals surface area contributed by atoms with Gasteiger partial charge in [-0.15, -0.1) is 0 Å². The van der Waals surface area contributed by atoms with Crippen molar-refractivity contribution in [2.75, 3.05) is 5.32 Å². The third-order valence-corrected chi connectivity index (χ3v) is 2.83. The molecule has 3 aromatic rings. The molecule has 0 aliphatic heterocycles. The molecule has 0 fully saturated rings. The molecule has 1 N–H and O–H groups in total. The average molecular weight is 283 g/mol. The highest BCUT2D eigenvalue weighted by Crippen LogP contribution is 2.19. The Hall–Kier alpha value is -3.09. The van der Waals surface area contributed by atoms with Crippen molar-refractivity contribution in [3.05, 3.63) is 66.8 Å². The van der Waals surface area contributed by atoms with Crippen molar-refractivity contribution in [2.24, 2.45) is 0 Å². The molecule has 2 aromatic heterocycles. The highest BCUT2D eigenvalue weighted by Gasteiger charge is 2.13. The van der Waals surface area contributed by atoms with Crippen LogP contribution >= 0.6 is 0 Å². The molecule has 1 amide bonds. The number of para-hydroxylation sites is 2. The molecule has 6 nitrogen and oxygen atoms in total. The van der Waals surface area contributed by atoms with Crippen LogP contribution in [0.25, 0.3) is 5.69 Å². The van der Waals surface area contributed by atoms with Crippen LogP contribution in [0.1, 0.15) is 10.4 Å². The Labute approximate surface area is 119 Å². The number of rotatable bonds is 3. The van der Waals surface area contributed by atoms with Gasteiger partial charge in [0.25, 0.3) is 5.91 Å². The predicted molar refractivity (Wildman–Crippen MR) is 73.5 cm³/mol. The molecule has 0 radical (unpaired) electrons. The minimum Gasteiger partial charge on any atom is -0.320 e. The highest BCUT2D eigenvalue weighted by molar-refractivity contribution is 6.05. The molecule has 3 rings (SSSR count). The molecule has 0 aliphatic rings. The van der Waals surface area contributed by atoms with Crippen molar-refractivity contribution >= 4 is 11.6 Å². The van der Waals surface area contributed by atoms with E-state index in [2.05, 4.69) is 20.4 Å². The molecule has 7 heteroatoms. The van der Waals surface area contributed by atoms with Crippen molar-refractivity contribution in [3.63, 3.8) is 0 Å². The summed E-state index contributed by atoms with van der Waals surface area (Å²) in [5.41, 5.74) is 1.07. The van der Waals surface area contributed by atoms with Crippen molar-refractivity contribution in [2.45, 2.75) is 0 Å². The molecule has 0 saturated heterocycles. The maximum Gasteiger partial charge on any atom is 0.258 e. The fraction of sp³-hybridized carbons (Fsp3) is 0. The smallest absolute Gasteiger partial charge is 0.258 e. The molecule has 0 bridgehead atoms. The minimum atomic E-state index is -0.673. The monoisotopic (exact) mass is 283 g/mol. The number of anilines is 1. The molecule has 1 aromatic carbocycles. The van der Waals surface area contributed by atoms with Crippen LogP contribution in [-0.4, -0.2) is 25.7 Å². The van der Waals surface area contributed by atoms with Gasteiger partial charge >= 0.3 is 0 Å². The summed E-state index contributed by atoms with van der Waals surface area (Å²) in [6, 6.07) is 8.36. The normalized spacial score (nSPS) is 10.3. The number of pyridine rings is 1. The second-order valence-corrected chi connectivity index (χ2v) is 4.17. The Balaban J connectivity index is 1.93. The number of carbonyl (C=O) groups is 1. The Morgan fingerprint density at radius 3 is 2.81 bits per heavy atom. The summed E-state index contributed by atoms with van der Waals surface area (Å²) in [5.74, 6) is -1.23. The second-order valence-electron chi connectivity index (χ2n) is 4.17. The first-order chi connectivity index (χ1) is 10.3. The summed E-state index contributed by atoms with van der Waals surface area (Å²) in [6.45, 7) is 0. The van der Waals surface area contributed by atoms with Gasteiger partial charge in [-0.05, 0) is 18.2 Å². The topological polar surface area (TPSA) is 72.7 Å². The molecule has 0 aliphatic carbocycles. The molecule has 0 spiro atoms. The minimum absolute atomic E-state index is 0.0709. The molecular weight excluding hydrogens is 273 g/mol. The summed E-state index contributed by atoms with van der Waals surface area (Å²) in [5, 5.41) is 6.68. The van der Waals surface area contributed by atoms with Gasteiger partial charge in [0.2, 0.25) is 0 Å². The van der Waals surface area contributed by atoms with Crippen LogP contribution in [-0.2, 0) is 0 Å². The van der Waals surface area contributed by atoms with Gasteiger partial charge in [-0.25, -0.2) is 14.1 Å². The quantitative estimate of drug-likeness (QED) is 0.798. The zero-order valence-corrected chi connectivity index (χ0v) is 10.8. The third kappa shape index (κ3) is 2.62. The number of hydrogen-bond donors (Lipinski definition) is 1. The summed E-state index contributed by atoms with van der Waals surface area (Å²) < 4.78 is 15.1. The molecule has 0 atom stereocenters. The van der Waals surface area contributed by atoms with E-state index in [0.717, 1.165) is 6.20 Å². The Bertz CT molecular complexity index is 773. The van der Waals surface area contributed by atoms with E-state index in [1.165, 1.54) is 29.6 Å². The lowest BCUT2D eigenvalue weighted by molar-refractivity contribution is 0.102. The first-order valence-electron chi connectivity index (χ1n) is 6.10. The Morgan fingerprint density at radius 1 is 1.19 bits per heavy atom. The maximum absolute atomic E-state index is 13.6. The number of benzene rings is 1. The number of halogens is 1. The lowest BCUT2D eigenvalue weighted by Gasteiger charge is -2.10. The van der Waals surface area contributed by atoms with E-state index in [-0.39, 0.29) is 5.56 Å². The Kier molecular flexibility index (Phi) is 3.38. The van der Waals surface area contributed by atoms with Gasteiger partial charge < -0.3 is 5.32 Å². The SMILES string of the molecule is O=C(Nc1ccccc1-n1cncn1)c1ccncc1F. The van der Waals surface area contributed by atoms with E-state index < -0.39 is 11.7 Å². The van der Waals surface area contributed by atoms with Crippen LogP contribution in [0.5, 0.6) is 0 Å². The number of nitrogens with zero attached hydrogens (tertiary/aromatic N) is 4. The van der Waals surface area contributed by atoms with Gasteiger partial charge in [-0.2, -0.15) is 5.10 Å². The molecule has 2 heterocycles. The fourth-order valence-corrected chi connectivity index (χ4v) is 1.86. The van der Waals surface area contributed by atoms with Crippen LogP contribution in [0.15, 0.2) is 55.4 Å². The van der Waals surface area contributed by atoms with Gasteiger partial charge in [0, 0.05) is 6.20 Å². The number of amides is 1. The predicted octanol–water partition coefficient (Wildman–Crippen LogP) is 2.05. The van der Waals surface area contributed by atoms with Gasteiger partial charge in [-0.1, -0.05) is 12.1 Å². The average Bonchev–Trinajstić information content (AvgIpc) is 3.02. The number of nitrogens with one attached hydrogen (secondary N) is 1. The third-order valence-electron chi connectivity index (χ3n) is 2.83. The molecule has 104 valence electrons. The maximum atomic E-state index is 13.6. The zero-order chi connectivity index (χ0) is 14.7.